The lowest BCUT2D eigenvalue weighted by Gasteiger charge is -2.18. The van der Waals surface area contributed by atoms with Gasteiger partial charge < -0.3 is 14.2 Å². The number of hydrogen-bond acceptors (Lipinski definition) is 6. The Balaban J connectivity index is 4.31. The van der Waals surface area contributed by atoms with E-state index < -0.39 is 6.10 Å². The van der Waals surface area contributed by atoms with Gasteiger partial charge in [0.15, 0.2) is 6.10 Å². The minimum Gasteiger partial charge on any atom is -0.462 e. The summed E-state index contributed by atoms with van der Waals surface area (Å²) in [6.45, 7) is 6.54. The van der Waals surface area contributed by atoms with Gasteiger partial charge in [-0.3, -0.25) is 14.4 Å². The first kappa shape index (κ1) is 75.6. The lowest BCUT2D eigenvalue weighted by molar-refractivity contribution is -0.167. The fourth-order valence-corrected chi connectivity index (χ4v) is 9.80. The van der Waals surface area contributed by atoms with Crippen LogP contribution in [0.1, 0.15) is 342 Å². The Kier molecular flexibility index (Phi) is 64.2. The highest BCUT2D eigenvalue weighted by Gasteiger charge is 2.19. The molecule has 0 N–H and O–H groups in total. The van der Waals surface area contributed by atoms with Gasteiger partial charge in [0.1, 0.15) is 13.2 Å². The highest BCUT2D eigenvalue weighted by Crippen LogP contribution is 2.17. The summed E-state index contributed by atoms with van der Waals surface area (Å²) in [6, 6.07) is 0. The fraction of sp³-hybridized carbons (Fsp3) is 0.767. The van der Waals surface area contributed by atoms with Crippen molar-refractivity contribution in [3.05, 3.63) is 85.1 Å². The molecule has 0 saturated carbocycles. The number of carbonyl (C=O) groups is 3. The monoisotopic (exact) mass is 1100 g/mol. The lowest BCUT2D eigenvalue weighted by Crippen LogP contribution is -2.30. The van der Waals surface area contributed by atoms with Crippen LogP contribution in [0, 0.1) is 0 Å². The zero-order valence-corrected chi connectivity index (χ0v) is 52.4. The molecule has 456 valence electrons. The molecule has 0 aliphatic carbocycles. The van der Waals surface area contributed by atoms with Crippen molar-refractivity contribution in [2.75, 3.05) is 13.2 Å². The van der Waals surface area contributed by atoms with Crippen LogP contribution in [-0.4, -0.2) is 37.2 Å². The van der Waals surface area contributed by atoms with Gasteiger partial charge >= 0.3 is 17.9 Å². The molecule has 0 heterocycles. The molecule has 0 spiro atoms. The molecule has 1 unspecified atom stereocenters. The average Bonchev–Trinajstić information content (AvgIpc) is 3.45. The van der Waals surface area contributed by atoms with Gasteiger partial charge in [-0.25, -0.2) is 0 Å². The molecule has 79 heavy (non-hydrogen) atoms. The normalized spacial score (nSPS) is 12.6. The first-order valence-corrected chi connectivity index (χ1v) is 34.1. The molecule has 0 aromatic heterocycles. The summed E-state index contributed by atoms with van der Waals surface area (Å²) in [5.74, 6) is -0.864. The SMILES string of the molecule is CC/C=C\C/C=C\C/C=C\C/C=C\C/C=C\CCCCCCCCCCCCCC(=O)OCC(COC(=O)CCCCCCCCCCCCCCCCC)OC(=O)CCCCCCCCCCC/C=C\C/C=C\CCCCC. The van der Waals surface area contributed by atoms with Crippen LogP contribution in [0.3, 0.4) is 0 Å². The summed E-state index contributed by atoms with van der Waals surface area (Å²) in [7, 11) is 0. The van der Waals surface area contributed by atoms with Crippen molar-refractivity contribution < 1.29 is 28.6 Å². The van der Waals surface area contributed by atoms with Gasteiger partial charge in [-0.15, -0.1) is 0 Å². The number of allylic oxidation sites excluding steroid dienone is 14. The number of ether oxygens (including phenoxy) is 3. The zero-order chi connectivity index (χ0) is 57.1. The van der Waals surface area contributed by atoms with Gasteiger partial charge in [0.2, 0.25) is 0 Å². The van der Waals surface area contributed by atoms with E-state index in [4.69, 9.17) is 14.2 Å². The number of hydrogen-bond donors (Lipinski definition) is 0. The molecule has 0 rings (SSSR count). The van der Waals surface area contributed by atoms with E-state index in [0.717, 1.165) is 96.3 Å². The van der Waals surface area contributed by atoms with E-state index in [1.54, 1.807) is 0 Å². The Hall–Kier alpha value is -3.41. The summed E-state index contributed by atoms with van der Waals surface area (Å²) in [6.07, 6.45) is 88.8. The van der Waals surface area contributed by atoms with Crippen LogP contribution >= 0.6 is 0 Å². The van der Waals surface area contributed by atoms with E-state index in [-0.39, 0.29) is 31.1 Å². The Morgan fingerprint density at radius 2 is 0.494 bits per heavy atom. The van der Waals surface area contributed by atoms with Gasteiger partial charge in [-0.2, -0.15) is 0 Å². The van der Waals surface area contributed by atoms with Crippen molar-refractivity contribution in [2.24, 2.45) is 0 Å². The average molecular weight is 1100 g/mol. The molecule has 1 atom stereocenters. The van der Waals surface area contributed by atoms with Crippen LogP contribution in [0.4, 0.5) is 0 Å². The number of rotatable bonds is 62. The number of carbonyl (C=O) groups excluding carboxylic acids is 3. The maximum atomic E-state index is 12.9. The number of esters is 3. The van der Waals surface area contributed by atoms with Gasteiger partial charge in [-0.05, 0) is 96.3 Å². The van der Waals surface area contributed by atoms with Gasteiger partial charge in [-0.1, -0.05) is 311 Å². The molecule has 0 amide bonds. The second kappa shape index (κ2) is 67.1. The van der Waals surface area contributed by atoms with Crippen LogP contribution in [-0.2, 0) is 28.6 Å². The Morgan fingerprint density at radius 3 is 0.797 bits per heavy atom. The summed E-state index contributed by atoms with van der Waals surface area (Å²) >= 11 is 0. The standard InChI is InChI=1S/C73H128O6/c1-4-7-10-13-16-19-22-25-28-30-32-33-34-35-36-37-38-39-41-42-45-48-51-54-57-60-63-66-72(75)78-69-70(68-77-71(74)65-62-59-56-53-50-47-44-27-24-21-18-15-12-9-6-3)79-73(76)67-64-61-58-55-52-49-46-43-40-31-29-26-23-20-17-14-11-8-5-2/h7,10,16-17,19-20,25-26,28-29,32-33,35-36,70H,4-6,8-9,11-15,18,21-24,27,30-31,34,37-69H2,1-3H3/b10-7-,19-16-,20-17-,28-25-,29-26-,33-32-,36-35-. The fourth-order valence-electron chi connectivity index (χ4n) is 9.80. The minimum atomic E-state index is -0.780. The Morgan fingerprint density at radius 1 is 0.266 bits per heavy atom. The molecule has 6 nitrogen and oxygen atoms in total. The number of unbranched alkanes of at least 4 members (excludes halogenated alkanes) is 37. The summed E-state index contributed by atoms with van der Waals surface area (Å²) in [5.41, 5.74) is 0. The van der Waals surface area contributed by atoms with Crippen LogP contribution in [0.2, 0.25) is 0 Å². The van der Waals surface area contributed by atoms with Crippen LogP contribution in [0.15, 0.2) is 85.1 Å². The summed E-state index contributed by atoms with van der Waals surface area (Å²) < 4.78 is 17.0. The highest BCUT2D eigenvalue weighted by molar-refractivity contribution is 5.71. The molecule has 0 aliphatic rings. The smallest absolute Gasteiger partial charge is 0.306 e. The molecule has 0 bridgehead atoms. The minimum absolute atomic E-state index is 0.0749. The summed E-state index contributed by atoms with van der Waals surface area (Å²) in [5, 5.41) is 0. The van der Waals surface area contributed by atoms with E-state index in [1.807, 2.05) is 0 Å². The maximum Gasteiger partial charge on any atom is 0.306 e. The van der Waals surface area contributed by atoms with Crippen LogP contribution in [0.25, 0.3) is 0 Å². The summed E-state index contributed by atoms with van der Waals surface area (Å²) in [4.78, 5) is 38.4. The van der Waals surface area contributed by atoms with Crippen molar-refractivity contribution in [1.82, 2.24) is 0 Å². The first-order valence-electron chi connectivity index (χ1n) is 34.1. The van der Waals surface area contributed by atoms with Crippen LogP contribution in [0.5, 0.6) is 0 Å². The van der Waals surface area contributed by atoms with E-state index in [0.29, 0.717) is 19.3 Å². The van der Waals surface area contributed by atoms with Gasteiger partial charge in [0, 0.05) is 19.3 Å². The van der Waals surface area contributed by atoms with Gasteiger partial charge in [0.25, 0.3) is 0 Å². The Labute approximate surface area is 490 Å². The first-order chi connectivity index (χ1) is 39.0. The predicted molar refractivity (Wildman–Crippen MR) is 344 cm³/mol. The quantitative estimate of drug-likeness (QED) is 0.0261. The Bertz CT molecular complexity index is 1500. The second-order valence-corrected chi connectivity index (χ2v) is 22.7. The van der Waals surface area contributed by atoms with E-state index in [9.17, 15) is 14.4 Å². The molecular formula is C73H128O6. The highest BCUT2D eigenvalue weighted by atomic mass is 16.6. The predicted octanol–water partition coefficient (Wildman–Crippen LogP) is 23.4. The third-order valence-corrected chi connectivity index (χ3v) is 14.9. The van der Waals surface area contributed by atoms with Crippen molar-refractivity contribution >= 4 is 17.9 Å². The van der Waals surface area contributed by atoms with Gasteiger partial charge in [0.05, 0.1) is 0 Å². The molecule has 0 aromatic rings. The maximum absolute atomic E-state index is 12.9. The van der Waals surface area contributed by atoms with Crippen LogP contribution < -0.4 is 0 Å². The zero-order valence-electron chi connectivity index (χ0n) is 52.4. The molecule has 0 fully saturated rings. The third kappa shape index (κ3) is 65.3. The van der Waals surface area contributed by atoms with Crippen molar-refractivity contribution in [2.45, 2.75) is 348 Å². The molecule has 6 heteroatoms. The van der Waals surface area contributed by atoms with E-state index >= 15 is 0 Å². The largest absolute Gasteiger partial charge is 0.462 e. The molecular weight excluding hydrogens is 973 g/mol. The molecule has 0 aromatic carbocycles. The molecule has 0 aliphatic heterocycles. The van der Waals surface area contributed by atoms with Crippen molar-refractivity contribution in [1.29, 1.82) is 0 Å². The lowest BCUT2D eigenvalue weighted by atomic mass is 10.0. The molecule has 0 saturated heterocycles. The topological polar surface area (TPSA) is 78.9 Å². The van der Waals surface area contributed by atoms with E-state index in [2.05, 4.69) is 106 Å². The van der Waals surface area contributed by atoms with Crippen molar-refractivity contribution in [3.63, 3.8) is 0 Å². The second-order valence-electron chi connectivity index (χ2n) is 22.7. The third-order valence-electron chi connectivity index (χ3n) is 14.9. The van der Waals surface area contributed by atoms with Crippen molar-refractivity contribution in [3.8, 4) is 0 Å². The van der Waals surface area contributed by atoms with E-state index in [1.165, 1.54) is 205 Å². The molecule has 0 radical (unpaired) electrons.